The highest BCUT2D eigenvalue weighted by Crippen LogP contribution is 2.35. The normalized spacial score (nSPS) is 11.9. The van der Waals surface area contributed by atoms with Crippen LogP contribution in [0.5, 0.6) is 0 Å². The van der Waals surface area contributed by atoms with E-state index < -0.39 is 28.0 Å². The monoisotopic (exact) mass is 462 g/mol. The Balaban J connectivity index is 2.21. The van der Waals surface area contributed by atoms with Crippen molar-refractivity contribution in [2.75, 3.05) is 17.1 Å². The molecule has 0 aliphatic heterocycles. The molecule has 0 bridgehead atoms. The van der Waals surface area contributed by atoms with Crippen LogP contribution < -0.4 is 9.62 Å². The molecule has 0 unspecified atom stereocenters. The fourth-order valence-electron chi connectivity index (χ4n) is 2.78. The molecule has 1 N–H and O–H groups in total. The molecule has 0 spiro atoms. The first-order valence-corrected chi connectivity index (χ1v) is 11.3. The quantitative estimate of drug-likeness (QED) is 0.613. The lowest BCUT2D eigenvalue weighted by Crippen LogP contribution is -2.50. The third kappa shape index (κ3) is 6.27. The molecule has 0 fully saturated rings. The number of amides is 1. The van der Waals surface area contributed by atoms with Gasteiger partial charge in [0.15, 0.2) is 0 Å². The van der Waals surface area contributed by atoms with Crippen LogP contribution in [0.3, 0.4) is 0 Å². The summed E-state index contributed by atoms with van der Waals surface area (Å²) in [5.41, 5.74) is 0.568. The molecule has 0 aromatic heterocycles. The number of sulfonamides is 1. The van der Waals surface area contributed by atoms with E-state index in [9.17, 15) is 13.2 Å². The van der Waals surface area contributed by atoms with Crippen molar-refractivity contribution < 1.29 is 13.2 Å². The molecule has 0 saturated carbocycles. The summed E-state index contributed by atoms with van der Waals surface area (Å²) >= 11 is 18.1. The predicted octanol–water partition coefficient (Wildman–Crippen LogP) is 4.55. The lowest BCUT2D eigenvalue weighted by molar-refractivity contribution is -0.121. The van der Waals surface area contributed by atoms with Gasteiger partial charge >= 0.3 is 0 Å². The maximum atomic E-state index is 12.6. The van der Waals surface area contributed by atoms with Crippen molar-refractivity contribution in [1.82, 2.24) is 5.32 Å². The largest absolute Gasteiger partial charge is 0.349 e. The van der Waals surface area contributed by atoms with Crippen molar-refractivity contribution in [2.24, 2.45) is 0 Å². The van der Waals surface area contributed by atoms with Gasteiger partial charge in [-0.15, -0.1) is 0 Å². The van der Waals surface area contributed by atoms with Crippen LogP contribution >= 0.6 is 34.8 Å². The lowest BCUT2D eigenvalue weighted by atomic mass is 9.95. The molecule has 2 rings (SSSR count). The van der Waals surface area contributed by atoms with Gasteiger partial charge in [0.2, 0.25) is 15.9 Å². The molecule has 28 heavy (non-hydrogen) atoms. The summed E-state index contributed by atoms with van der Waals surface area (Å²) in [5, 5.41) is 3.29. The fourth-order valence-corrected chi connectivity index (χ4v) is 4.34. The van der Waals surface area contributed by atoms with Gasteiger partial charge in [0.05, 0.1) is 27.0 Å². The average Bonchev–Trinajstić information content (AvgIpc) is 2.55. The van der Waals surface area contributed by atoms with E-state index in [-0.39, 0.29) is 20.8 Å². The number of anilines is 1. The van der Waals surface area contributed by atoms with Gasteiger partial charge in [-0.1, -0.05) is 65.1 Å². The Hall–Kier alpha value is -1.47. The van der Waals surface area contributed by atoms with Crippen LogP contribution in [-0.4, -0.2) is 32.7 Å². The molecule has 0 saturated heterocycles. The zero-order valence-corrected chi connectivity index (χ0v) is 18.8. The van der Waals surface area contributed by atoms with E-state index in [1.807, 2.05) is 44.2 Å². The third-order valence-corrected chi connectivity index (χ3v) is 6.06. The molecule has 2 aromatic rings. The second kappa shape index (κ2) is 8.91. The summed E-state index contributed by atoms with van der Waals surface area (Å²) in [5.74, 6) is -0.464. The van der Waals surface area contributed by atoms with Crippen molar-refractivity contribution in [1.29, 1.82) is 0 Å². The highest BCUT2D eigenvalue weighted by atomic mass is 35.5. The minimum absolute atomic E-state index is 0.0798. The van der Waals surface area contributed by atoms with Crippen LogP contribution in [-0.2, 0) is 21.2 Å². The van der Waals surface area contributed by atoms with Gasteiger partial charge in [0, 0.05) is 5.54 Å². The van der Waals surface area contributed by atoms with Gasteiger partial charge in [-0.25, -0.2) is 8.42 Å². The summed E-state index contributed by atoms with van der Waals surface area (Å²) in [6.45, 7) is 3.30. The number of hydrogen-bond donors (Lipinski definition) is 1. The van der Waals surface area contributed by atoms with Crippen LogP contribution in [0, 0.1) is 0 Å². The number of carbonyl (C=O) groups excluding carboxylic acids is 1. The molecule has 5 nitrogen and oxygen atoms in total. The summed E-state index contributed by atoms with van der Waals surface area (Å²) in [6.07, 6.45) is 1.58. The highest BCUT2D eigenvalue weighted by molar-refractivity contribution is 7.92. The maximum Gasteiger partial charge on any atom is 0.241 e. The van der Waals surface area contributed by atoms with Gasteiger partial charge in [0.25, 0.3) is 0 Å². The van der Waals surface area contributed by atoms with E-state index in [1.54, 1.807) is 0 Å². The average molecular weight is 464 g/mol. The molecule has 0 heterocycles. The van der Waals surface area contributed by atoms with Crippen molar-refractivity contribution in [3.8, 4) is 0 Å². The molecule has 0 atom stereocenters. The SMILES string of the molecule is CC(C)(Cc1ccccc1)NC(=O)CN(c1cc(Cl)c(Cl)cc1Cl)S(C)(=O)=O. The van der Waals surface area contributed by atoms with Crippen LogP contribution in [0.2, 0.25) is 15.1 Å². The van der Waals surface area contributed by atoms with Crippen molar-refractivity contribution in [3.63, 3.8) is 0 Å². The second-order valence-electron chi connectivity index (χ2n) is 7.08. The number of nitrogens with zero attached hydrogens (tertiary/aromatic N) is 1. The first-order chi connectivity index (χ1) is 12.9. The topological polar surface area (TPSA) is 66.5 Å². The van der Waals surface area contributed by atoms with E-state index in [4.69, 9.17) is 34.8 Å². The Morgan fingerprint density at radius 2 is 1.61 bits per heavy atom. The number of rotatable bonds is 7. The minimum Gasteiger partial charge on any atom is -0.349 e. The van der Waals surface area contributed by atoms with Crippen molar-refractivity contribution in [3.05, 3.63) is 63.1 Å². The zero-order chi connectivity index (χ0) is 21.1. The second-order valence-corrected chi connectivity index (χ2v) is 10.2. The maximum absolute atomic E-state index is 12.6. The summed E-state index contributed by atoms with van der Waals surface area (Å²) in [7, 11) is -3.79. The Bertz CT molecular complexity index is 964. The number of nitrogens with one attached hydrogen (secondary N) is 1. The van der Waals surface area contributed by atoms with Crippen molar-refractivity contribution >= 4 is 56.4 Å². The van der Waals surface area contributed by atoms with Crippen LogP contribution in [0.15, 0.2) is 42.5 Å². The van der Waals surface area contributed by atoms with Gasteiger partial charge < -0.3 is 5.32 Å². The molecule has 0 aliphatic carbocycles. The molecular weight excluding hydrogens is 443 g/mol. The Morgan fingerprint density at radius 1 is 1.04 bits per heavy atom. The molecule has 152 valence electrons. The molecule has 0 radical (unpaired) electrons. The van der Waals surface area contributed by atoms with E-state index in [0.717, 1.165) is 16.1 Å². The first-order valence-electron chi connectivity index (χ1n) is 8.36. The van der Waals surface area contributed by atoms with E-state index in [0.29, 0.717) is 6.42 Å². The highest BCUT2D eigenvalue weighted by Gasteiger charge is 2.27. The van der Waals surface area contributed by atoms with Crippen LogP contribution in [0.25, 0.3) is 0 Å². The first kappa shape index (κ1) is 22.8. The number of carbonyl (C=O) groups is 1. The van der Waals surface area contributed by atoms with Gasteiger partial charge in [0.1, 0.15) is 6.54 Å². The molecule has 0 aliphatic rings. The van der Waals surface area contributed by atoms with Gasteiger partial charge in [-0.05, 0) is 38.0 Å². The number of hydrogen-bond acceptors (Lipinski definition) is 3. The Labute approximate surface area is 180 Å². The summed E-state index contributed by atoms with van der Waals surface area (Å²) < 4.78 is 25.5. The predicted molar refractivity (Wildman–Crippen MR) is 116 cm³/mol. The van der Waals surface area contributed by atoms with Crippen LogP contribution in [0.1, 0.15) is 19.4 Å². The third-order valence-electron chi connectivity index (χ3n) is 3.91. The number of halogens is 3. The standard InChI is InChI=1S/C19H21Cl3N2O3S/c1-19(2,11-13-7-5-4-6-8-13)23-18(25)12-24(28(3,26)27)17-10-15(21)14(20)9-16(17)22/h4-10H,11-12H2,1-3H3,(H,23,25). The molecule has 9 heteroatoms. The summed E-state index contributed by atoms with van der Waals surface area (Å²) in [6, 6.07) is 12.4. The Morgan fingerprint density at radius 3 is 2.18 bits per heavy atom. The minimum atomic E-state index is -3.79. The lowest BCUT2D eigenvalue weighted by Gasteiger charge is -2.29. The van der Waals surface area contributed by atoms with Crippen molar-refractivity contribution in [2.45, 2.75) is 25.8 Å². The summed E-state index contributed by atoms with van der Waals surface area (Å²) in [4.78, 5) is 12.6. The van der Waals surface area contributed by atoms with Crippen LogP contribution in [0.4, 0.5) is 5.69 Å². The van der Waals surface area contributed by atoms with Gasteiger partial charge in [-0.2, -0.15) is 0 Å². The van der Waals surface area contributed by atoms with Gasteiger partial charge in [-0.3, -0.25) is 9.10 Å². The fraction of sp³-hybridized carbons (Fsp3) is 0.316. The Kier molecular flexibility index (Phi) is 7.26. The molecular formula is C19H21Cl3N2O3S. The smallest absolute Gasteiger partial charge is 0.241 e. The zero-order valence-electron chi connectivity index (χ0n) is 15.7. The van der Waals surface area contributed by atoms with E-state index >= 15 is 0 Å². The van der Waals surface area contributed by atoms with E-state index in [2.05, 4.69) is 5.32 Å². The molecule has 2 aromatic carbocycles. The number of benzene rings is 2. The molecule has 1 amide bonds. The van der Waals surface area contributed by atoms with E-state index in [1.165, 1.54) is 12.1 Å².